The average Bonchev–Trinajstić information content (AvgIpc) is 2.00. The first-order chi connectivity index (χ1) is 5.61. The van der Waals surface area contributed by atoms with Gasteiger partial charge in [0.05, 0.1) is 12.5 Å². The van der Waals surface area contributed by atoms with Crippen LogP contribution in [0.5, 0.6) is 0 Å². The SMILES string of the molecule is CCOC(=O)[C@H](CC)CC(C)C. The van der Waals surface area contributed by atoms with E-state index in [4.69, 9.17) is 4.74 Å². The van der Waals surface area contributed by atoms with Crippen molar-refractivity contribution in [1.29, 1.82) is 0 Å². The minimum atomic E-state index is -0.0336. The Morgan fingerprint density at radius 1 is 1.33 bits per heavy atom. The number of esters is 1. The van der Waals surface area contributed by atoms with Gasteiger partial charge in [0.1, 0.15) is 0 Å². The van der Waals surface area contributed by atoms with Gasteiger partial charge in [0.2, 0.25) is 0 Å². The smallest absolute Gasteiger partial charge is 0.308 e. The van der Waals surface area contributed by atoms with Crippen molar-refractivity contribution in [3.05, 3.63) is 0 Å². The van der Waals surface area contributed by atoms with Crippen LogP contribution in [0.3, 0.4) is 0 Å². The molecular formula is C10H20O2. The topological polar surface area (TPSA) is 26.3 Å². The first-order valence-corrected chi connectivity index (χ1v) is 4.78. The van der Waals surface area contributed by atoms with Gasteiger partial charge >= 0.3 is 5.97 Å². The average molecular weight is 172 g/mol. The molecule has 0 aliphatic carbocycles. The van der Waals surface area contributed by atoms with E-state index in [0.717, 1.165) is 12.8 Å². The molecule has 2 nitrogen and oxygen atoms in total. The quantitative estimate of drug-likeness (QED) is 0.596. The van der Waals surface area contributed by atoms with E-state index in [1.165, 1.54) is 0 Å². The summed E-state index contributed by atoms with van der Waals surface area (Å²) in [4.78, 5) is 11.3. The molecule has 0 N–H and O–H groups in total. The molecule has 0 heterocycles. The Balaban J connectivity index is 3.87. The molecule has 0 aromatic carbocycles. The van der Waals surface area contributed by atoms with Crippen LogP contribution >= 0.6 is 0 Å². The molecule has 0 saturated heterocycles. The molecule has 0 amide bonds. The van der Waals surface area contributed by atoms with Gasteiger partial charge in [0.15, 0.2) is 0 Å². The second kappa shape index (κ2) is 6.04. The maximum Gasteiger partial charge on any atom is 0.308 e. The van der Waals surface area contributed by atoms with Crippen LogP contribution in [0.15, 0.2) is 0 Å². The number of hydrogen-bond acceptors (Lipinski definition) is 2. The highest BCUT2D eigenvalue weighted by atomic mass is 16.5. The first kappa shape index (κ1) is 11.5. The van der Waals surface area contributed by atoms with Crippen molar-refractivity contribution in [3.8, 4) is 0 Å². The Morgan fingerprint density at radius 2 is 1.92 bits per heavy atom. The van der Waals surface area contributed by atoms with E-state index in [-0.39, 0.29) is 11.9 Å². The van der Waals surface area contributed by atoms with E-state index in [0.29, 0.717) is 12.5 Å². The molecule has 0 fully saturated rings. The fourth-order valence-electron chi connectivity index (χ4n) is 1.26. The van der Waals surface area contributed by atoms with Crippen molar-refractivity contribution in [2.45, 2.75) is 40.5 Å². The molecule has 0 unspecified atom stereocenters. The molecular weight excluding hydrogens is 152 g/mol. The lowest BCUT2D eigenvalue weighted by Crippen LogP contribution is -2.18. The summed E-state index contributed by atoms with van der Waals surface area (Å²) in [5.41, 5.74) is 0. The maximum absolute atomic E-state index is 11.3. The molecule has 0 aromatic rings. The van der Waals surface area contributed by atoms with E-state index < -0.39 is 0 Å². The van der Waals surface area contributed by atoms with Gasteiger partial charge in [0, 0.05) is 0 Å². The molecule has 12 heavy (non-hydrogen) atoms. The molecule has 0 bridgehead atoms. The van der Waals surface area contributed by atoms with Crippen molar-refractivity contribution in [2.75, 3.05) is 6.61 Å². The van der Waals surface area contributed by atoms with Gasteiger partial charge in [-0.3, -0.25) is 4.79 Å². The second-order valence-corrected chi connectivity index (χ2v) is 3.49. The van der Waals surface area contributed by atoms with Crippen molar-refractivity contribution in [2.24, 2.45) is 11.8 Å². The van der Waals surface area contributed by atoms with Crippen molar-refractivity contribution >= 4 is 5.97 Å². The maximum atomic E-state index is 11.3. The molecule has 72 valence electrons. The zero-order valence-corrected chi connectivity index (χ0v) is 8.59. The molecule has 0 spiro atoms. The van der Waals surface area contributed by atoms with E-state index in [2.05, 4.69) is 13.8 Å². The van der Waals surface area contributed by atoms with Crippen LogP contribution in [-0.4, -0.2) is 12.6 Å². The lowest BCUT2D eigenvalue weighted by molar-refractivity contribution is -0.148. The van der Waals surface area contributed by atoms with E-state index in [9.17, 15) is 4.79 Å². The molecule has 0 saturated carbocycles. The van der Waals surface area contributed by atoms with E-state index >= 15 is 0 Å². The van der Waals surface area contributed by atoms with Crippen LogP contribution in [0, 0.1) is 11.8 Å². The summed E-state index contributed by atoms with van der Waals surface area (Å²) >= 11 is 0. The Labute approximate surface area is 75.3 Å². The number of ether oxygens (including phenoxy) is 1. The summed E-state index contributed by atoms with van der Waals surface area (Å²) in [5, 5.41) is 0. The first-order valence-electron chi connectivity index (χ1n) is 4.78. The highest BCUT2D eigenvalue weighted by Crippen LogP contribution is 2.16. The van der Waals surface area contributed by atoms with Gasteiger partial charge in [-0.05, 0) is 25.7 Å². The number of carbonyl (C=O) groups is 1. The highest BCUT2D eigenvalue weighted by Gasteiger charge is 2.18. The second-order valence-electron chi connectivity index (χ2n) is 3.49. The summed E-state index contributed by atoms with van der Waals surface area (Å²) in [7, 11) is 0. The van der Waals surface area contributed by atoms with Crippen LogP contribution in [0.25, 0.3) is 0 Å². The van der Waals surface area contributed by atoms with E-state index in [1.807, 2.05) is 13.8 Å². The normalized spacial score (nSPS) is 13.1. The van der Waals surface area contributed by atoms with E-state index in [1.54, 1.807) is 0 Å². The largest absolute Gasteiger partial charge is 0.466 e. The predicted octanol–water partition coefficient (Wildman–Crippen LogP) is 2.62. The number of carbonyl (C=O) groups excluding carboxylic acids is 1. The van der Waals surface area contributed by atoms with Crippen LogP contribution in [0.1, 0.15) is 40.5 Å². The zero-order valence-electron chi connectivity index (χ0n) is 8.59. The van der Waals surface area contributed by atoms with Crippen LogP contribution in [0.2, 0.25) is 0 Å². The van der Waals surface area contributed by atoms with Gasteiger partial charge in [-0.1, -0.05) is 20.8 Å². The molecule has 0 aliphatic heterocycles. The Kier molecular flexibility index (Phi) is 5.77. The van der Waals surface area contributed by atoms with Crippen molar-refractivity contribution < 1.29 is 9.53 Å². The predicted molar refractivity (Wildman–Crippen MR) is 49.9 cm³/mol. The molecule has 0 radical (unpaired) electrons. The Hall–Kier alpha value is -0.530. The monoisotopic (exact) mass is 172 g/mol. The Morgan fingerprint density at radius 3 is 2.25 bits per heavy atom. The van der Waals surface area contributed by atoms with Gasteiger partial charge in [-0.2, -0.15) is 0 Å². The summed E-state index contributed by atoms with van der Waals surface area (Å²) in [6.45, 7) is 8.63. The molecule has 0 rings (SSSR count). The van der Waals surface area contributed by atoms with Gasteiger partial charge in [0.25, 0.3) is 0 Å². The Bertz CT molecular complexity index is 130. The van der Waals surface area contributed by atoms with Gasteiger partial charge in [-0.25, -0.2) is 0 Å². The van der Waals surface area contributed by atoms with Crippen LogP contribution in [0.4, 0.5) is 0 Å². The number of rotatable bonds is 5. The molecule has 2 heteroatoms. The molecule has 0 aliphatic rings. The third-order valence-corrected chi connectivity index (χ3v) is 1.87. The standard InChI is InChI=1S/C10H20O2/c1-5-9(7-8(3)4)10(11)12-6-2/h8-9H,5-7H2,1-4H3/t9-/m1/s1. The summed E-state index contributed by atoms with van der Waals surface area (Å²) in [5.74, 6) is 0.637. The van der Waals surface area contributed by atoms with Crippen LogP contribution < -0.4 is 0 Å². The highest BCUT2D eigenvalue weighted by molar-refractivity contribution is 5.72. The van der Waals surface area contributed by atoms with Crippen molar-refractivity contribution in [1.82, 2.24) is 0 Å². The minimum absolute atomic E-state index is 0.0336. The third kappa shape index (κ3) is 4.37. The number of hydrogen-bond donors (Lipinski definition) is 0. The third-order valence-electron chi connectivity index (χ3n) is 1.87. The van der Waals surface area contributed by atoms with Crippen molar-refractivity contribution in [3.63, 3.8) is 0 Å². The summed E-state index contributed by atoms with van der Waals surface area (Å²) < 4.78 is 4.96. The van der Waals surface area contributed by atoms with Crippen LogP contribution in [-0.2, 0) is 9.53 Å². The minimum Gasteiger partial charge on any atom is -0.466 e. The summed E-state index contributed by atoms with van der Waals surface area (Å²) in [6, 6.07) is 0. The fraction of sp³-hybridized carbons (Fsp3) is 0.900. The zero-order chi connectivity index (χ0) is 9.56. The fourth-order valence-corrected chi connectivity index (χ4v) is 1.26. The summed E-state index contributed by atoms with van der Waals surface area (Å²) in [6.07, 6.45) is 1.83. The lowest BCUT2D eigenvalue weighted by atomic mass is 9.95. The lowest BCUT2D eigenvalue weighted by Gasteiger charge is -2.14. The molecule has 0 aromatic heterocycles. The molecule has 1 atom stereocenters. The van der Waals surface area contributed by atoms with Gasteiger partial charge in [-0.15, -0.1) is 0 Å². The van der Waals surface area contributed by atoms with Gasteiger partial charge < -0.3 is 4.74 Å².